The molecule has 0 aliphatic carbocycles. The predicted octanol–water partition coefficient (Wildman–Crippen LogP) is 3.93. The molecule has 0 fully saturated rings. The van der Waals surface area contributed by atoms with Crippen molar-refractivity contribution in [3.05, 3.63) is 77.4 Å². The number of aliphatic hydroxyl groups is 1. The number of rotatable bonds is 7. The highest BCUT2D eigenvalue weighted by Gasteiger charge is 2.32. The Morgan fingerprint density at radius 3 is 2.45 bits per heavy atom. The van der Waals surface area contributed by atoms with Gasteiger partial charge in [-0.05, 0) is 37.5 Å². The van der Waals surface area contributed by atoms with Crippen molar-refractivity contribution in [3.8, 4) is 0 Å². The second-order valence-corrected chi connectivity index (χ2v) is 7.06. The average molecular weight is 432 g/mol. The maximum atomic E-state index is 13.2. The maximum Gasteiger partial charge on any atom is 0.433 e. The molecule has 2 aromatic heterocycles. The van der Waals surface area contributed by atoms with Crippen LogP contribution in [0, 0.1) is 6.92 Å². The molecule has 0 spiro atoms. The van der Waals surface area contributed by atoms with E-state index in [2.05, 4.69) is 10.1 Å². The molecule has 1 N–H and O–H groups in total. The Morgan fingerprint density at radius 1 is 1.19 bits per heavy atom. The normalized spacial score (nSPS) is 12.6. The smallest absolute Gasteiger partial charge is 0.378 e. The van der Waals surface area contributed by atoms with Gasteiger partial charge in [0, 0.05) is 25.5 Å². The van der Waals surface area contributed by atoms with Crippen molar-refractivity contribution in [1.82, 2.24) is 14.8 Å². The third-order valence-electron chi connectivity index (χ3n) is 4.89. The number of anilines is 1. The van der Waals surface area contributed by atoms with E-state index in [1.807, 2.05) is 6.92 Å². The molecule has 2 heterocycles. The number of hydrogen-bond acceptors (Lipinski definition) is 4. The van der Waals surface area contributed by atoms with Gasteiger partial charge in [0.2, 0.25) is 0 Å². The second kappa shape index (κ2) is 9.30. The summed E-state index contributed by atoms with van der Waals surface area (Å²) in [7, 11) is 0. The molecular weight excluding hydrogens is 409 g/mol. The Bertz CT molecular complexity index is 1020. The monoisotopic (exact) mass is 432 g/mol. The number of hydrogen-bond donors (Lipinski definition) is 1. The largest absolute Gasteiger partial charge is 0.433 e. The van der Waals surface area contributed by atoms with Gasteiger partial charge in [-0.2, -0.15) is 18.3 Å². The number of halogens is 3. The van der Waals surface area contributed by atoms with Crippen LogP contribution in [0.3, 0.4) is 0 Å². The number of aromatic nitrogens is 3. The first-order valence-corrected chi connectivity index (χ1v) is 9.81. The summed E-state index contributed by atoms with van der Waals surface area (Å²) in [6.45, 7) is 4.42. The summed E-state index contributed by atoms with van der Waals surface area (Å²) in [4.78, 5) is 18.1. The van der Waals surface area contributed by atoms with Crippen LogP contribution in [-0.4, -0.2) is 32.3 Å². The van der Waals surface area contributed by atoms with Crippen molar-refractivity contribution < 1.29 is 23.1 Å². The minimum atomic E-state index is -4.51. The van der Waals surface area contributed by atoms with Gasteiger partial charge in [0.1, 0.15) is 5.69 Å². The highest BCUT2D eigenvalue weighted by atomic mass is 19.4. The zero-order valence-corrected chi connectivity index (χ0v) is 17.2. The Kier molecular flexibility index (Phi) is 6.74. The minimum absolute atomic E-state index is 0.145. The third kappa shape index (κ3) is 5.29. The standard InChI is InChI=1S/C22H23F3N4O2/c1-3-28-14-18(15(2)27-28)29(21(31)20(30)17-7-5-4-6-8-17)12-11-16-9-10-19(26-13-16)22(23,24)25/h4-10,13-14,20,30H,3,11-12H2,1-2H3. The van der Waals surface area contributed by atoms with E-state index in [1.165, 1.54) is 11.0 Å². The minimum Gasteiger partial charge on any atom is -0.378 e. The van der Waals surface area contributed by atoms with E-state index in [9.17, 15) is 23.1 Å². The summed E-state index contributed by atoms with van der Waals surface area (Å²) in [6, 6.07) is 10.8. The van der Waals surface area contributed by atoms with Gasteiger partial charge >= 0.3 is 6.18 Å². The number of nitrogens with zero attached hydrogens (tertiary/aromatic N) is 4. The quantitative estimate of drug-likeness (QED) is 0.614. The van der Waals surface area contributed by atoms with Crippen LogP contribution in [0.1, 0.15) is 35.5 Å². The van der Waals surface area contributed by atoms with Crippen molar-refractivity contribution in [2.75, 3.05) is 11.4 Å². The van der Waals surface area contributed by atoms with Crippen molar-refractivity contribution in [2.24, 2.45) is 0 Å². The molecule has 0 saturated carbocycles. The highest BCUT2D eigenvalue weighted by Crippen LogP contribution is 2.28. The molecule has 9 heteroatoms. The maximum absolute atomic E-state index is 13.2. The summed E-state index contributed by atoms with van der Waals surface area (Å²) < 4.78 is 39.9. The molecule has 0 bridgehead atoms. The topological polar surface area (TPSA) is 71.2 Å². The van der Waals surface area contributed by atoms with E-state index in [4.69, 9.17) is 0 Å². The van der Waals surface area contributed by atoms with E-state index in [-0.39, 0.29) is 13.0 Å². The van der Waals surface area contributed by atoms with Gasteiger partial charge in [0.25, 0.3) is 5.91 Å². The highest BCUT2D eigenvalue weighted by molar-refractivity contribution is 5.97. The summed E-state index contributed by atoms with van der Waals surface area (Å²) in [6.07, 6.45) is -2.75. The van der Waals surface area contributed by atoms with Gasteiger partial charge in [-0.1, -0.05) is 36.4 Å². The fraction of sp³-hybridized carbons (Fsp3) is 0.318. The summed E-state index contributed by atoms with van der Waals surface area (Å²) >= 11 is 0. The second-order valence-electron chi connectivity index (χ2n) is 7.06. The zero-order chi connectivity index (χ0) is 22.6. The van der Waals surface area contributed by atoms with Gasteiger partial charge in [-0.25, -0.2) is 0 Å². The molecule has 0 radical (unpaired) electrons. The molecule has 1 atom stereocenters. The number of alkyl halides is 3. The lowest BCUT2D eigenvalue weighted by Crippen LogP contribution is -2.37. The van der Waals surface area contributed by atoms with Crippen LogP contribution in [-0.2, 0) is 23.9 Å². The van der Waals surface area contributed by atoms with Crippen molar-refractivity contribution in [1.29, 1.82) is 0 Å². The number of carbonyl (C=O) groups excluding carboxylic acids is 1. The fourth-order valence-electron chi connectivity index (χ4n) is 3.19. The van der Waals surface area contributed by atoms with Crippen LogP contribution in [0.4, 0.5) is 18.9 Å². The predicted molar refractivity (Wildman–Crippen MR) is 109 cm³/mol. The van der Waals surface area contributed by atoms with Crippen LogP contribution < -0.4 is 4.90 Å². The van der Waals surface area contributed by atoms with Crippen LogP contribution in [0.25, 0.3) is 0 Å². The molecule has 1 aromatic carbocycles. The van der Waals surface area contributed by atoms with Gasteiger partial charge in [-0.3, -0.25) is 14.5 Å². The molecule has 31 heavy (non-hydrogen) atoms. The lowest BCUT2D eigenvalue weighted by Gasteiger charge is -2.25. The molecule has 1 amide bonds. The van der Waals surface area contributed by atoms with Crippen molar-refractivity contribution >= 4 is 11.6 Å². The number of benzene rings is 1. The molecule has 0 saturated heterocycles. The molecule has 0 aliphatic heterocycles. The summed E-state index contributed by atoms with van der Waals surface area (Å²) in [5.41, 5.74) is 1.18. The third-order valence-corrected chi connectivity index (χ3v) is 4.89. The number of carbonyl (C=O) groups is 1. The SMILES string of the molecule is CCn1cc(N(CCc2ccc(C(F)(F)F)nc2)C(=O)C(O)c2ccccc2)c(C)n1. The van der Waals surface area contributed by atoms with E-state index in [1.54, 1.807) is 48.1 Å². The van der Waals surface area contributed by atoms with Crippen LogP contribution in [0.5, 0.6) is 0 Å². The Morgan fingerprint density at radius 2 is 1.90 bits per heavy atom. The average Bonchev–Trinajstić information content (AvgIpc) is 3.14. The zero-order valence-electron chi connectivity index (χ0n) is 17.2. The lowest BCUT2D eigenvalue weighted by atomic mass is 10.1. The van der Waals surface area contributed by atoms with E-state index in [0.29, 0.717) is 29.1 Å². The Labute approximate surface area is 178 Å². The summed E-state index contributed by atoms with van der Waals surface area (Å²) in [5, 5.41) is 15.0. The van der Waals surface area contributed by atoms with Gasteiger partial charge < -0.3 is 10.0 Å². The number of pyridine rings is 1. The van der Waals surface area contributed by atoms with Crippen molar-refractivity contribution in [2.45, 2.75) is 39.1 Å². The number of aryl methyl sites for hydroxylation is 2. The van der Waals surface area contributed by atoms with Gasteiger partial charge in [0.05, 0.1) is 11.4 Å². The first kappa shape index (κ1) is 22.5. The summed E-state index contributed by atoms with van der Waals surface area (Å²) in [5.74, 6) is -0.537. The number of amides is 1. The molecule has 1 unspecified atom stereocenters. The molecule has 3 aromatic rings. The first-order valence-electron chi connectivity index (χ1n) is 9.81. The van der Waals surface area contributed by atoms with Crippen molar-refractivity contribution in [3.63, 3.8) is 0 Å². The molecular formula is C22H23F3N4O2. The van der Waals surface area contributed by atoms with Crippen LogP contribution >= 0.6 is 0 Å². The van der Waals surface area contributed by atoms with E-state index in [0.717, 1.165) is 12.3 Å². The van der Waals surface area contributed by atoms with Crippen LogP contribution in [0.15, 0.2) is 54.9 Å². The Balaban J connectivity index is 1.85. The van der Waals surface area contributed by atoms with Gasteiger partial charge in [0.15, 0.2) is 6.10 Å². The van der Waals surface area contributed by atoms with Crippen LogP contribution in [0.2, 0.25) is 0 Å². The van der Waals surface area contributed by atoms with E-state index < -0.39 is 23.9 Å². The molecule has 0 aliphatic rings. The fourth-order valence-corrected chi connectivity index (χ4v) is 3.19. The molecule has 164 valence electrons. The Hall–Kier alpha value is -3.20. The lowest BCUT2D eigenvalue weighted by molar-refractivity contribution is -0.141. The number of aliphatic hydroxyl groups excluding tert-OH is 1. The van der Waals surface area contributed by atoms with Gasteiger partial charge in [-0.15, -0.1) is 0 Å². The molecule has 6 nitrogen and oxygen atoms in total. The molecule has 3 rings (SSSR count). The van der Waals surface area contributed by atoms with E-state index >= 15 is 0 Å². The first-order chi connectivity index (χ1) is 14.7.